The number of hydrogen-bond acceptors (Lipinski definition) is 3. The normalized spacial score (nSPS) is 25.2. The summed E-state index contributed by atoms with van der Waals surface area (Å²) < 4.78 is 5.45. The Hall–Kier alpha value is -1.26. The highest BCUT2D eigenvalue weighted by atomic mass is 16.6. The van der Waals surface area contributed by atoms with Crippen molar-refractivity contribution in [1.29, 1.82) is 0 Å². The van der Waals surface area contributed by atoms with Crippen LogP contribution < -0.4 is 5.32 Å². The molecule has 5 heteroatoms. The molecule has 20 heavy (non-hydrogen) atoms. The van der Waals surface area contributed by atoms with Gasteiger partial charge in [0.2, 0.25) is 5.91 Å². The maximum absolute atomic E-state index is 12.3. The van der Waals surface area contributed by atoms with Crippen LogP contribution in [0.1, 0.15) is 52.9 Å². The van der Waals surface area contributed by atoms with Crippen LogP contribution in [-0.4, -0.2) is 41.6 Å². The third kappa shape index (κ3) is 3.87. The first-order valence-electron chi connectivity index (χ1n) is 7.63. The fourth-order valence-electron chi connectivity index (χ4n) is 3.12. The van der Waals surface area contributed by atoms with E-state index in [1.54, 1.807) is 4.90 Å². The Bertz CT molecular complexity index is 370. The minimum atomic E-state index is -0.526. The third-order valence-electron chi connectivity index (χ3n) is 4.04. The van der Waals surface area contributed by atoms with Crippen molar-refractivity contribution in [3.8, 4) is 0 Å². The highest BCUT2D eigenvalue weighted by Gasteiger charge is 2.38. The largest absolute Gasteiger partial charge is 0.444 e. The number of amides is 2. The summed E-state index contributed by atoms with van der Waals surface area (Å²) in [6.07, 6.45) is 5.64. The number of carbonyl (C=O) groups excluding carboxylic acids is 2. The number of ether oxygens (including phenoxy) is 1. The quantitative estimate of drug-likeness (QED) is 0.803. The Morgan fingerprint density at radius 3 is 2.50 bits per heavy atom. The Balaban J connectivity index is 2.07. The Kier molecular flexibility index (Phi) is 4.55. The van der Waals surface area contributed by atoms with Gasteiger partial charge in [0.25, 0.3) is 0 Å². The zero-order valence-corrected chi connectivity index (χ0v) is 12.8. The van der Waals surface area contributed by atoms with Crippen LogP contribution in [0.5, 0.6) is 0 Å². The maximum atomic E-state index is 12.3. The molecule has 1 N–H and O–H groups in total. The Morgan fingerprint density at radius 1 is 1.25 bits per heavy atom. The molecule has 1 saturated heterocycles. The van der Waals surface area contributed by atoms with Gasteiger partial charge in [-0.2, -0.15) is 0 Å². The Morgan fingerprint density at radius 2 is 1.90 bits per heavy atom. The predicted octanol–water partition coefficient (Wildman–Crippen LogP) is 2.30. The SMILES string of the molecule is CC(C)(C)OC(=O)N1CC(=O)NCC1C1CCCCC1. The lowest BCUT2D eigenvalue weighted by Crippen LogP contribution is -2.59. The monoisotopic (exact) mass is 282 g/mol. The molecule has 1 aliphatic heterocycles. The topological polar surface area (TPSA) is 58.6 Å². The van der Waals surface area contributed by atoms with E-state index in [-0.39, 0.29) is 24.6 Å². The van der Waals surface area contributed by atoms with Crippen LogP contribution in [0.3, 0.4) is 0 Å². The summed E-state index contributed by atoms with van der Waals surface area (Å²) in [5.74, 6) is 0.389. The standard InChI is InChI=1S/C15H26N2O3/c1-15(2,3)20-14(19)17-10-13(18)16-9-12(17)11-7-5-4-6-8-11/h11-12H,4-10H2,1-3H3,(H,16,18). The molecule has 114 valence electrons. The summed E-state index contributed by atoms with van der Waals surface area (Å²) in [5.41, 5.74) is -0.526. The van der Waals surface area contributed by atoms with Gasteiger partial charge >= 0.3 is 6.09 Å². The van der Waals surface area contributed by atoms with Gasteiger partial charge in [-0.25, -0.2) is 4.79 Å². The van der Waals surface area contributed by atoms with Gasteiger partial charge in [-0.05, 0) is 39.5 Å². The molecule has 1 saturated carbocycles. The van der Waals surface area contributed by atoms with Crippen LogP contribution >= 0.6 is 0 Å². The maximum Gasteiger partial charge on any atom is 0.411 e. The molecule has 0 radical (unpaired) electrons. The minimum absolute atomic E-state index is 0.0860. The highest BCUT2D eigenvalue weighted by Crippen LogP contribution is 2.30. The van der Waals surface area contributed by atoms with E-state index >= 15 is 0 Å². The van der Waals surface area contributed by atoms with Crippen molar-refractivity contribution in [2.45, 2.75) is 64.5 Å². The van der Waals surface area contributed by atoms with Gasteiger partial charge in [0.15, 0.2) is 0 Å². The van der Waals surface area contributed by atoms with E-state index in [0.717, 1.165) is 12.8 Å². The molecular formula is C15H26N2O3. The number of carbonyl (C=O) groups is 2. The number of rotatable bonds is 1. The van der Waals surface area contributed by atoms with Crippen LogP contribution in [0.25, 0.3) is 0 Å². The fraction of sp³-hybridized carbons (Fsp3) is 0.867. The summed E-state index contributed by atoms with van der Waals surface area (Å²) in [5, 5.41) is 2.89. The van der Waals surface area contributed by atoms with Gasteiger partial charge in [-0.3, -0.25) is 9.69 Å². The van der Waals surface area contributed by atoms with Gasteiger partial charge < -0.3 is 10.1 Å². The van der Waals surface area contributed by atoms with E-state index in [1.807, 2.05) is 20.8 Å². The highest BCUT2D eigenvalue weighted by molar-refractivity contribution is 5.83. The first-order valence-corrected chi connectivity index (χ1v) is 7.63. The second-order valence-electron chi connectivity index (χ2n) is 6.88. The van der Waals surface area contributed by atoms with Crippen molar-refractivity contribution in [3.63, 3.8) is 0 Å². The van der Waals surface area contributed by atoms with Gasteiger partial charge in [0.05, 0.1) is 6.04 Å². The van der Waals surface area contributed by atoms with E-state index in [2.05, 4.69) is 5.32 Å². The third-order valence-corrected chi connectivity index (χ3v) is 4.04. The van der Waals surface area contributed by atoms with Crippen molar-refractivity contribution >= 4 is 12.0 Å². The molecule has 5 nitrogen and oxygen atoms in total. The number of piperazine rings is 1. The van der Waals surface area contributed by atoms with Crippen molar-refractivity contribution in [1.82, 2.24) is 10.2 Å². The number of nitrogens with zero attached hydrogens (tertiary/aromatic N) is 1. The van der Waals surface area contributed by atoms with E-state index in [1.165, 1.54) is 19.3 Å². The first kappa shape index (κ1) is 15.1. The summed E-state index contributed by atoms with van der Waals surface area (Å²) in [6, 6.07) is 0.0860. The molecule has 1 heterocycles. The molecule has 1 aliphatic carbocycles. The van der Waals surface area contributed by atoms with Crippen molar-refractivity contribution < 1.29 is 14.3 Å². The molecule has 2 amide bonds. The summed E-state index contributed by atoms with van der Waals surface area (Å²) >= 11 is 0. The number of nitrogens with one attached hydrogen (secondary N) is 1. The molecule has 2 rings (SSSR count). The molecule has 0 aromatic rings. The van der Waals surface area contributed by atoms with Crippen LogP contribution in [0.2, 0.25) is 0 Å². The fourth-order valence-corrected chi connectivity index (χ4v) is 3.12. The average molecular weight is 282 g/mol. The van der Waals surface area contributed by atoms with Gasteiger partial charge in [-0.15, -0.1) is 0 Å². The van der Waals surface area contributed by atoms with Gasteiger partial charge in [0.1, 0.15) is 12.1 Å². The zero-order valence-electron chi connectivity index (χ0n) is 12.8. The molecule has 0 aromatic heterocycles. The Labute approximate surface area is 121 Å². The molecular weight excluding hydrogens is 256 g/mol. The van der Waals surface area contributed by atoms with E-state index in [4.69, 9.17) is 4.74 Å². The summed E-state index contributed by atoms with van der Waals surface area (Å²) in [4.78, 5) is 25.6. The molecule has 1 atom stereocenters. The lowest BCUT2D eigenvalue weighted by atomic mass is 9.82. The smallest absolute Gasteiger partial charge is 0.411 e. The lowest BCUT2D eigenvalue weighted by Gasteiger charge is -2.41. The van der Waals surface area contributed by atoms with E-state index < -0.39 is 5.60 Å². The molecule has 2 aliphatic rings. The first-order chi connectivity index (χ1) is 9.37. The van der Waals surface area contributed by atoms with Crippen molar-refractivity contribution in [2.75, 3.05) is 13.1 Å². The lowest BCUT2D eigenvalue weighted by molar-refractivity contribution is -0.126. The zero-order chi connectivity index (χ0) is 14.8. The average Bonchev–Trinajstić information content (AvgIpc) is 2.37. The molecule has 1 unspecified atom stereocenters. The summed E-state index contributed by atoms with van der Waals surface area (Å²) in [6.45, 7) is 6.23. The van der Waals surface area contributed by atoms with Crippen LogP contribution in [-0.2, 0) is 9.53 Å². The van der Waals surface area contributed by atoms with Gasteiger partial charge in [-0.1, -0.05) is 19.3 Å². The molecule has 0 spiro atoms. The van der Waals surface area contributed by atoms with Crippen molar-refractivity contribution in [3.05, 3.63) is 0 Å². The molecule has 0 bridgehead atoms. The number of hydrogen-bond donors (Lipinski definition) is 1. The van der Waals surface area contributed by atoms with Crippen molar-refractivity contribution in [2.24, 2.45) is 5.92 Å². The van der Waals surface area contributed by atoms with Gasteiger partial charge in [0, 0.05) is 6.54 Å². The summed E-state index contributed by atoms with van der Waals surface area (Å²) in [7, 11) is 0. The molecule has 0 aromatic carbocycles. The van der Waals surface area contributed by atoms with E-state index in [0.29, 0.717) is 12.5 Å². The van der Waals surface area contributed by atoms with Crippen LogP contribution in [0.15, 0.2) is 0 Å². The second-order valence-corrected chi connectivity index (χ2v) is 6.88. The van der Waals surface area contributed by atoms with E-state index in [9.17, 15) is 9.59 Å². The second kappa shape index (κ2) is 6.02. The molecule has 2 fully saturated rings. The van der Waals surface area contributed by atoms with Crippen LogP contribution in [0.4, 0.5) is 4.79 Å². The minimum Gasteiger partial charge on any atom is -0.444 e. The predicted molar refractivity (Wildman–Crippen MR) is 76.3 cm³/mol. The van der Waals surface area contributed by atoms with Crippen LogP contribution in [0, 0.1) is 5.92 Å².